The van der Waals surface area contributed by atoms with Gasteiger partial charge in [-0.1, -0.05) is 18.2 Å². The third-order valence-corrected chi connectivity index (χ3v) is 2.67. The lowest BCUT2D eigenvalue weighted by molar-refractivity contribution is -0.121. The molecule has 0 aliphatic heterocycles. The summed E-state index contributed by atoms with van der Waals surface area (Å²) in [7, 11) is 3.15. The molecule has 0 aromatic heterocycles. The minimum absolute atomic E-state index is 0.0479. The van der Waals surface area contributed by atoms with E-state index in [1.54, 1.807) is 26.2 Å². The highest BCUT2D eigenvalue weighted by Crippen LogP contribution is 2.11. The SMILES string of the molecule is CNC(=O)CN(C)C(=O)c1ccccc1CCN. The van der Waals surface area contributed by atoms with Gasteiger partial charge in [-0.25, -0.2) is 0 Å². The number of nitrogens with one attached hydrogen (secondary N) is 1. The molecular formula is C13H19N3O2. The van der Waals surface area contributed by atoms with Crippen LogP contribution in [-0.4, -0.2) is 43.9 Å². The number of carbonyl (C=O) groups excluding carboxylic acids is 2. The normalized spacial score (nSPS) is 9.94. The van der Waals surface area contributed by atoms with Crippen molar-refractivity contribution < 1.29 is 9.59 Å². The molecule has 0 fully saturated rings. The molecular weight excluding hydrogens is 230 g/mol. The monoisotopic (exact) mass is 249 g/mol. The summed E-state index contributed by atoms with van der Waals surface area (Å²) in [6, 6.07) is 7.32. The first-order chi connectivity index (χ1) is 8.60. The summed E-state index contributed by atoms with van der Waals surface area (Å²) in [6.07, 6.45) is 0.649. The van der Waals surface area contributed by atoms with E-state index in [9.17, 15) is 9.59 Å². The highest BCUT2D eigenvalue weighted by Gasteiger charge is 2.16. The van der Waals surface area contributed by atoms with Crippen LogP contribution in [0.2, 0.25) is 0 Å². The summed E-state index contributed by atoms with van der Waals surface area (Å²) >= 11 is 0. The number of nitrogens with two attached hydrogens (primary N) is 1. The standard InChI is InChI=1S/C13H19N3O2/c1-15-12(17)9-16(2)13(18)11-6-4-3-5-10(11)7-8-14/h3-6H,7-9,14H2,1-2H3,(H,15,17). The van der Waals surface area contributed by atoms with Gasteiger partial charge in [0, 0.05) is 19.7 Å². The number of hydrogen-bond acceptors (Lipinski definition) is 3. The van der Waals surface area contributed by atoms with E-state index in [0.717, 1.165) is 5.56 Å². The molecule has 0 aliphatic rings. The Morgan fingerprint density at radius 3 is 2.61 bits per heavy atom. The van der Waals surface area contributed by atoms with E-state index in [0.29, 0.717) is 18.5 Å². The molecule has 3 N–H and O–H groups in total. The summed E-state index contributed by atoms with van der Waals surface area (Å²) in [5, 5.41) is 2.49. The highest BCUT2D eigenvalue weighted by molar-refractivity contribution is 5.97. The first-order valence-corrected chi connectivity index (χ1v) is 5.84. The first kappa shape index (κ1) is 14.2. The number of nitrogens with zero attached hydrogens (tertiary/aromatic N) is 1. The molecule has 1 rings (SSSR count). The van der Waals surface area contributed by atoms with E-state index < -0.39 is 0 Å². The van der Waals surface area contributed by atoms with Crippen molar-refractivity contribution in [1.82, 2.24) is 10.2 Å². The molecule has 98 valence electrons. The quantitative estimate of drug-likeness (QED) is 0.771. The number of likely N-dealkylation sites (N-methyl/N-ethyl adjacent to an activating group) is 2. The van der Waals surface area contributed by atoms with E-state index in [1.165, 1.54) is 4.90 Å². The third-order valence-electron chi connectivity index (χ3n) is 2.67. The van der Waals surface area contributed by atoms with Gasteiger partial charge < -0.3 is 16.0 Å². The van der Waals surface area contributed by atoms with Crippen molar-refractivity contribution in [2.24, 2.45) is 5.73 Å². The van der Waals surface area contributed by atoms with E-state index in [2.05, 4.69) is 5.32 Å². The summed E-state index contributed by atoms with van der Waals surface area (Å²) in [5.41, 5.74) is 7.04. The number of carbonyl (C=O) groups is 2. The van der Waals surface area contributed by atoms with Gasteiger partial charge in [0.25, 0.3) is 5.91 Å². The molecule has 0 aliphatic carbocycles. The van der Waals surface area contributed by atoms with Crippen LogP contribution in [0.15, 0.2) is 24.3 Å². The summed E-state index contributed by atoms with van der Waals surface area (Å²) in [4.78, 5) is 24.8. The Hall–Kier alpha value is -1.88. The molecule has 5 nitrogen and oxygen atoms in total. The molecule has 0 spiro atoms. The smallest absolute Gasteiger partial charge is 0.254 e. The van der Waals surface area contributed by atoms with E-state index >= 15 is 0 Å². The Bertz CT molecular complexity index is 432. The Morgan fingerprint density at radius 2 is 2.00 bits per heavy atom. The van der Waals surface area contributed by atoms with Crippen LogP contribution in [0.25, 0.3) is 0 Å². The molecule has 0 saturated carbocycles. The number of hydrogen-bond donors (Lipinski definition) is 2. The molecule has 1 aromatic carbocycles. The molecule has 2 amide bonds. The van der Waals surface area contributed by atoms with Gasteiger partial charge >= 0.3 is 0 Å². The van der Waals surface area contributed by atoms with E-state index in [4.69, 9.17) is 5.73 Å². The van der Waals surface area contributed by atoms with Crippen molar-refractivity contribution in [3.05, 3.63) is 35.4 Å². The third kappa shape index (κ3) is 3.56. The maximum atomic E-state index is 12.2. The summed E-state index contributed by atoms with van der Waals surface area (Å²) in [6.45, 7) is 0.537. The van der Waals surface area contributed by atoms with Gasteiger partial charge in [0.1, 0.15) is 0 Å². The Labute approximate surface area is 107 Å². The Balaban J connectivity index is 2.86. The molecule has 0 unspecified atom stereocenters. The van der Waals surface area contributed by atoms with Gasteiger partial charge in [-0.05, 0) is 24.6 Å². The zero-order chi connectivity index (χ0) is 13.5. The molecule has 0 atom stereocenters. The lowest BCUT2D eigenvalue weighted by Gasteiger charge is -2.18. The van der Waals surface area contributed by atoms with Gasteiger partial charge in [-0.2, -0.15) is 0 Å². The van der Waals surface area contributed by atoms with Crippen molar-refractivity contribution in [3.63, 3.8) is 0 Å². The largest absolute Gasteiger partial charge is 0.358 e. The summed E-state index contributed by atoms with van der Waals surface area (Å²) < 4.78 is 0. The first-order valence-electron chi connectivity index (χ1n) is 5.84. The molecule has 1 aromatic rings. The maximum Gasteiger partial charge on any atom is 0.254 e. The second-order valence-corrected chi connectivity index (χ2v) is 4.03. The number of benzene rings is 1. The zero-order valence-corrected chi connectivity index (χ0v) is 10.8. The Kier molecular flexibility index (Phi) is 5.32. The van der Waals surface area contributed by atoms with Crippen molar-refractivity contribution >= 4 is 11.8 Å². The average molecular weight is 249 g/mol. The van der Waals surface area contributed by atoms with Crippen LogP contribution in [0, 0.1) is 0 Å². The van der Waals surface area contributed by atoms with Crippen LogP contribution in [0.5, 0.6) is 0 Å². The molecule has 0 bridgehead atoms. The molecule has 0 saturated heterocycles. The average Bonchev–Trinajstić information content (AvgIpc) is 2.38. The van der Waals surface area contributed by atoms with Crippen LogP contribution < -0.4 is 11.1 Å². The van der Waals surface area contributed by atoms with Crippen LogP contribution in [0.4, 0.5) is 0 Å². The molecule has 5 heteroatoms. The fraction of sp³-hybridized carbons (Fsp3) is 0.385. The highest BCUT2D eigenvalue weighted by atomic mass is 16.2. The topological polar surface area (TPSA) is 75.4 Å². The van der Waals surface area contributed by atoms with Gasteiger partial charge in [0.15, 0.2) is 0 Å². The van der Waals surface area contributed by atoms with Crippen molar-refractivity contribution in [3.8, 4) is 0 Å². The van der Waals surface area contributed by atoms with Crippen molar-refractivity contribution in [1.29, 1.82) is 0 Å². The fourth-order valence-electron chi connectivity index (χ4n) is 1.67. The molecule has 0 heterocycles. The second-order valence-electron chi connectivity index (χ2n) is 4.03. The zero-order valence-electron chi connectivity index (χ0n) is 10.8. The second kappa shape index (κ2) is 6.76. The predicted molar refractivity (Wildman–Crippen MR) is 70.2 cm³/mol. The predicted octanol–water partition coefficient (Wildman–Crippen LogP) is 0.00580. The van der Waals surface area contributed by atoms with Crippen molar-refractivity contribution in [2.45, 2.75) is 6.42 Å². The van der Waals surface area contributed by atoms with E-state index in [1.807, 2.05) is 12.1 Å². The van der Waals surface area contributed by atoms with Crippen LogP contribution >= 0.6 is 0 Å². The van der Waals surface area contributed by atoms with Crippen LogP contribution in [0.3, 0.4) is 0 Å². The fourth-order valence-corrected chi connectivity index (χ4v) is 1.67. The van der Waals surface area contributed by atoms with Gasteiger partial charge in [-0.3, -0.25) is 9.59 Å². The number of rotatable bonds is 5. The van der Waals surface area contributed by atoms with Crippen molar-refractivity contribution in [2.75, 3.05) is 27.2 Å². The van der Waals surface area contributed by atoms with Crippen LogP contribution in [-0.2, 0) is 11.2 Å². The minimum atomic E-state index is -0.192. The number of amides is 2. The van der Waals surface area contributed by atoms with Gasteiger partial charge in [0.05, 0.1) is 6.54 Å². The van der Waals surface area contributed by atoms with Gasteiger partial charge in [-0.15, -0.1) is 0 Å². The summed E-state index contributed by atoms with van der Waals surface area (Å²) in [5.74, 6) is -0.357. The maximum absolute atomic E-state index is 12.2. The lowest BCUT2D eigenvalue weighted by atomic mass is 10.0. The minimum Gasteiger partial charge on any atom is -0.358 e. The Morgan fingerprint density at radius 1 is 1.33 bits per heavy atom. The van der Waals surface area contributed by atoms with Gasteiger partial charge in [0.2, 0.25) is 5.91 Å². The van der Waals surface area contributed by atoms with E-state index in [-0.39, 0.29) is 18.4 Å². The lowest BCUT2D eigenvalue weighted by Crippen LogP contribution is -2.37. The molecule has 0 radical (unpaired) electrons. The molecule has 18 heavy (non-hydrogen) atoms. The van der Waals surface area contributed by atoms with Crippen LogP contribution in [0.1, 0.15) is 15.9 Å².